The van der Waals surface area contributed by atoms with E-state index in [2.05, 4.69) is 20.2 Å². The van der Waals surface area contributed by atoms with E-state index in [4.69, 9.17) is 10.2 Å². The van der Waals surface area contributed by atoms with Crippen LogP contribution in [0, 0.1) is 0 Å². The van der Waals surface area contributed by atoms with Crippen molar-refractivity contribution in [3.05, 3.63) is 48.6 Å². The number of hydrogen-bond acceptors (Lipinski definition) is 7. The molecule has 0 radical (unpaired) electrons. The third-order valence-electron chi connectivity index (χ3n) is 3.24. The Morgan fingerprint density at radius 2 is 2.09 bits per heavy atom. The second-order valence-electron chi connectivity index (χ2n) is 4.71. The maximum absolute atomic E-state index is 11.6. The van der Waals surface area contributed by atoms with Crippen molar-refractivity contribution in [2.24, 2.45) is 5.73 Å². The molecule has 0 aliphatic carbocycles. The van der Waals surface area contributed by atoms with Crippen LogP contribution in [0.2, 0.25) is 0 Å². The maximum atomic E-state index is 11.6. The highest BCUT2D eigenvalue weighted by molar-refractivity contribution is 7.17. The van der Waals surface area contributed by atoms with Crippen LogP contribution in [0.15, 0.2) is 47.3 Å². The van der Waals surface area contributed by atoms with E-state index in [-0.39, 0.29) is 5.69 Å². The van der Waals surface area contributed by atoms with Crippen LogP contribution in [0.4, 0.5) is 0 Å². The van der Waals surface area contributed by atoms with Gasteiger partial charge in [0.15, 0.2) is 5.01 Å². The standard InChI is InChI=1S/C15H9N5O2S/c16-13(21)12-9-3-5-22-11(9)6-10(18-12)15-20-19-14(23-15)8-2-1-4-17-7-8/h1-7H,(H2,16,21). The SMILES string of the molecule is NC(=O)c1nc(-c2nnc(-c3cccnc3)s2)cc2occc12. The van der Waals surface area contributed by atoms with Gasteiger partial charge >= 0.3 is 0 Å². The van der Waals surface area contributed by atoms with Gasteiger partial charge in [-0.3, -0.25) is 9.78 Å². The fraction of sp³-hybridized carbons (Fsp3) is 0. The van der Waals surface area contributed by atoms with Crippen LogP contribution in [0.25, 0.3) is 32.2 Å². The summed E-state index contributed by atoms with van der Waals surface area (Å²) in [6, 6.07) is 7.10. The third-order valence-corrected chi connectivity index (χ3v) is 4.23. The number of nitrogens with zero attached hydrogens (tertiary/aromatic N) is 4. The van der Waals surface area contributed by atoms with E-state index in [9.17, 15) is 4.79 Å². The summed E-state index contributed by atoms with van der Waals surface area (Å²) < 4.78 is 5.36. The number of aromatic nitrogens is 4. The molecule has 112 valence electrons. The number of primary amides is 1. The van der Waals surface area contributed by atoms with E-state index in [1.807, 2.05) is 12.1 Å². The number of amides is 1. The van der Waals surface area contributed by atoms with E-state index < -0.39 is 5.91 Å². The van der Waals surface area contributed by atoms with Crippen LogP contribution < -0.4 is 5.73 Å². The summed E-state index contributed by atoms with van der Waals surface area (Å²) in [5.74, 6) is -0.616. The molecular weight excluding hydrogens is 314 g/mol. The number of hydrogen-bond donors (Lipinski definition) is 1. The molecule has 4 aromatic heterocycles. The topological polar surface area (TPSA) is 108 Å². The van der Waals surface area contributed by atoms with Gasteiger partial charge in [0.2, 0.25) is 0 Å². The third kappa shape index (κ3) is 2.34. The van der Waals surface area contributed by atoms with Gasteiger partial charge in [-0.05, 0) is 18.2 Å². The first-order chi connectivity index (χ1) is 11.2. The molecule has 4 aromatic rings. The van der Waals surface area contributed by atoms with E-state index in [1.54, 1.807) is 24.5 Å². The first-order valence-corrected chi connectivity index (χ1v) is 7.46. The molecule has 0 saturated carbocycles. The zero-order chi connectivity index (χ0) is 15.8. The Labute approximate surface area is 133 Å². The molecule has 0 aromatic carbocycles. The summed E-state index contributed by atoms with van der Waals surface area (Å²) in [5.41, 5.74) is 7.45. The predicted molar refractivity (Wildman–Crippen MR) is 84.7 cm³/mol. The van der Waals surface area contributed by atoms with Gasteiger partial charge in [0.25, 0.3) is 5.91 Å². The Morgan fingerprint density at radius 1 is 1.22 bits per heavy atom. The fourth-order valence-electron chi connectivity index (χ4n) is 2.20. The lowest BCUT2D eigenvalue weighted by atomic mass is 10.2. The lowest BCUT2D eigenvalue weighted by Crippen LogP contribution is -2.13. The van der Waals surface area contributed by atoms with Gasteiger partial charge in [-0.2, -0.15) is 0 Å². The van der Waals surface area contributed by atoms with Crippen LogP contribution in [0.5, 0.6) is 0 Å². The number of nitrogens with two attached hydrogens (primary N) is 1. The number of furan rings is 1. The molecule has 7 nitrogen and oxygen atoms in total. The Balaban J connectivity index is 1.84. The number of carbonyl (C=O) groups excluding carboxylic acids is 1. The average Bonchev–Trinajstić information content (AvgIpc) is 3.23. The number of rotatable bonds is 3. The molecule has 4 heterocycles. The molecule has 0 aliphatic heterocycles. The van der Waals surface area contributed by atoms with Crippen molar-refractivity contribution >= 4 is 28.2 Å². The Hall–Kier alpha value is -3.13. The summed E-state index contributed by atoms with van der Waals surface area (Å²) in [4.78, 5) is 20.0. The van der Waals surface area contributed by atoms with Crippen LogP contribution in [0.3, 0.4) is 0 Å². The van der Waals surface area contributed by atoms with Crippen molar-refractivity contribution in [1.82, 2.24) is 20.2 Å². The quantitative estimate of drug-likeness (QED) is 0.620. The normalized spacial score (nSPS) is 11.0. The monoisotopic (exact) mass is 323 g/mol. The second-order valence-corrected chi connectivity index (χ2v) is 5.68. The minimum atomic E-state index is -0.616. The molecule has 8 heteroatoms. The molecule has 4 rings (SSSR count). The van der Waals surface area contributed by atoms with Gasteiger partial charge in [0, 0.05) is 24.0 Å². The summed E-state index contributed by atoms with van der Waals surface area (Å²) >= 11 is 1.35. The summed E-state index contributed by atoms with van der Waals surface area (Å²) in [5, 5.41) is 10.2. The first kappa shape index (κ1) is 13.5. The smallest absolute Gasteiger partial charge is 0.268 e. The van der Waals surface area contributed by atoms with Gasteiger partial charge in [-0.15, -0.1) is 10.2 Å². The maximum Gasteiger partial charge on any atom is 0.268 e. The molecule has 0 bridgehead atoms. The van der Waals surface area contributed by atoms with Crippen LogP contribution in [0.1, 0.15) is 10.5 Å². The zero-order valence-electron chi connectivity index (χ0n) is 11.6. The molecule has 2 N–H and O–H groups in total. The van der Waals surface area contributed by atoms with Gasteiger partial charge in [0.1, 0.15) is 22.0 Å². The van der Waals surface area contributed by atoms with Crippen molar-refractivity contribution in [3.63, 3.8) is 0 Å². The summed E-state index contributed by atoms with van der Waals surface area (Å²) in [6.07, 6.45) is 4.89. The Kier molecular flexibility index (Phi) is 3.09. The van der Waals surface area contributed by atoms with Gasteiger partial charge in [-0.25, -0.2) is 4.98 Å². The highest BCUT2D eigenvalue weighted by atomic mass is 32.1. The van der Waals surface area contributed by atoms with Crippen molar-refractivity contribution < 1.29 is 9.21 Å². The molecule has 0 spiro atoms. The Bertz CT molecular complexity index is 1010. The van der Waals surface area contributed by atoms with Gasteiger partial charge < -0.3 is 10.2 Å². The second kappa shape index (κ2) is 5.25. The molecule has 1 amide bonds. The van der Waals surface area contributed by atoms with Crippen LogP contribution in [-0.4, -0.2) is 26.1 Å². The van der Waals surface area contributed by atoms with Crippen LogP contribution in [-0.2, 0) is 0 Å². The number of carbonyl (C=O) groups is 1. The molecule has 0 saturated heterocycles. The lowest BCUT2D eigenvalue weighted by molar-refractivity contribution is 0.0997. The van der Waals surface area contributed by atoms with Gasteiger partial charge in [-0.1, -0.05) is 11.3 Å². The molecular formula is C15H9N5O2S. The number of fused-ring (bicyclic) bond motifs is 1. The average molecular weight is 323 g/mol. The molecule has 0 atom stereocenters. The van der Waals surface area contributed by atoms with Crippen molar-refractivity contribution in [2.45, 2.75) is 0 Å². The molecule has 0 aliphatic rings. The van der Waals surface area contributed by atoms with Crippen molar-refractivity contribution in [3.8, 4) is 21.3 Å². The largest absolute Gasteiger partial charge is 0.464 e. The van der Waals surface area contributed by atoms with Crippen molar-refractivity contribution in [1.29, 1.82) is 0 Å². The van der Waals surface area contributed by atoms with Crippen molar-refractivity contribution in [2.75, 3.05) is 0 Å². The minimum absolute atomic E-state index is 0.157. The highest BCUT2D eigenvalue weighted by Gasteiger charge is 2.17. The van der Waals surface area contributed by atoms with E-state index in [0.29, 0.717) is 21.7 Å². The Morgan fingerprint density at radius 3 is 2.87 bits per heavy atom. The van der Waals surface area contributed by atoms with E-state index >= 15 is 0 Å². The molecule has 0 fully saturated rings. The van der Waals surface area contributed by atoms with Crippen LogP contribution >= 0.6 is 11.3 Å². The highest BCUT2D eigenvalue weighted by Crippen LogP contribution is 2.31. The minimum Gasteiger partial charge on any atom is -0.464 e. The summed E-state index contributed by atoms with van der Waals surface area (Å²) in [6.45, 7) is 0. The van der Waals surface area contributed by atoms with E-state index in [1.165, 1.54) is 17.6 Å². The fourth-order valence-corrected chi connectivity index (χ4v) is 2.99. The summed E-state index contributed by atoms with van der Waals surface area (Å²) in [7, 11) is 0. The van der Waals surface area contributed by atoms with E-state index in [0.717, 1.165) is 10.6 Å². The first-order valence-electron chi connectivity index (χ1n) is 6.65. The molecule has 23 heavy (non-hydrogen) atoms. The van der Waals surface area contributed by atoms with Gasteiger partial charge in [0.05, 0.1) is 11.6 Å². The predicted octanol–water partition coefficient (Wildman–Crippen LogP) is 2.51. The number of pyridine rings is 2. The zero-order valence-corrected chi connectivity index (χ0v) is 12.4. The molecule has 0 unspecified atom stereocenters. The lowest BCUT2D eigenvalue weighted by Gasteiger charge is -2.00.